The van der Waals surface area contributed by atoms with Crippen LogP contribution in [0.3, 0.4) is 0 Å². The van der Waals surface area contributed by atoms with Gasteiger partial charge in [0.2, 0.25) is 0 Å². The van der Waals surface area contributed by atoms with Gasteiger partial charge in [-0.05, 0) is 103 Å². The first kappa shape index (κ1) is 10.7. The number of fused-ring (bicyclic) bond motifs is 16. The van der Waals surface area contributed by atoms with E-state index in [4.69, 9.17) is 0 Å². The maximum atomic E-state index is 2.58. The Labute approximate surface area is 117 Å². The van der Waals surface area contributed by atoms with Crippen LogP contribution in [0.2, 0.25) is 0 Å². The Bertz CT molecular complexity index is 401. The monoisotopic (exact) mass is 256 g/mol. The van der Waals surface area contributed by atoms with Crippen LogP contribution in [0.5, 0.6) is 0 Å². The molecule has 0 radical (unpaired) electrons. The lowest BCUT2D eigenvalue weighted by Crippen LogP contribution is -2.43. The maximum Gasteiger partial charge on any atom is -0.0318 e. The van der Waals surface area contributed by atoms with Crippen LogP contribution in [0.25, 0.3) is 0 Å². The summed E-state index contributed by atoms with van der Waals surface area (Å²) in [4.78, 5) is 0. The van der Waals surface area contributed by atoms with Crippen LogP contribution in [0, 0.1) is 71.0 Å². The first-order chi connectivity index (χ1) is 9.24. The zero-order valence-corrected chi connectivity index (χ0v) is 12.5. The van der Waals surface area contributed by atoms with Crippen molar-refractivity contribution in [2.24, 2.45) is 71.0 Å². The molecule has 6 fully saturated rings. The van der Waals surface area contributed by atoms with Gasteiger partial charge in [-0.1, -0.05) is 13.8 Å². The van der Waals surface area contributed by atoms with Gasteiger partial charge in [0.05, 0.1) is 0 Å². The molecule has 0 spiro atoms. The Morgan fingerprint density at radius 3 is 1.47 bits per heavy atom. The lowest BCUT2D eigenvalue weighted by Gasteiger charge is -2.47. The van der Waals surface area contributed by atoms with Crippen molar-refractivity contribution in [2.75, 3.05) is 0 Å². The van der Waals surface area contributed by atoms with E-state index in [0.717, 1.165) is 11.8 Å². The Kier molecular flexibility index (Phi) is 1.74. The maximum absolute atomic E-state index is 2.58. The molecule has 0 heteroatoms. The molecule has 10 unspecified atom stereocenters. The third kappa shape index (κ3) is 0.997. The minimum absolute atomic E-state index is 1.08. The van der Waals surface area contributed by atoms with Crippen molar-refractivity contribution in [3.8, 4) is 0 Å². The summed E-state index contributed by atoms with van der Waals surface area (Å²) in [6.45, 7) is 5.15. The highest BCUT2D eigenvalue weighted by molar-refractivity contribution is 5.19. The molecular formula is C19H28. The lowest BCUT2D eigenvalue weighted by molar-refractivity contribution is 0.000194. The van der Waals surface area contributed by atoms with Crippen LogP contribution in [0.1, 0.15) is 46.0 Å². The Morgan fingerprint density at radius 2 is 0.947 bits per heavy atom. The predicted octanol–water partition coefficient (Wildman–Crippen LogP) is 4.45. The SMILES string of the molecule is CC1CC2CC1C1C3CC(C21)C1C2CC(C)C(C2)C31. The molecule has 0 saturated heterocycles. The molecule has 0 N–H and O–H groups in total. The fourth-order valence-corrected chi connectivity index (χ4v) is 9.49. The molecule has 0 heterocycles. The molecule has 0 aromatic rings. The largest absolute Gasteiger partial charge is 0.0622 e. The lowest BCUT2D eigenvalue weighted by atomic mass is 9.57. The van der Waals surface area contributed by atoms with Gasteiger partial charge in [-0.2, -0.15) is 0 Å². The summed E-state index contributed by atoms with van der Waals surface area (Å²) < 4.78 is 0. The fourth-order valence-electron chi connectivity index (χ4n) is 9.49. The Hall–Kier alpha value is 0. The smallest absolute Gasteiger partial charge is 0.0318 e. The van der Waals surface area contributed by atoms with Gasteiger partial charge < -0.3 is 0 Å². The molecule has 6 aliphatic carbocycles. The fraction of sp³-hybridized carbons (Fsp3) is 1.00. The van der Waals surface area contributed by atoms with Crippen molar-refractivity contribution >= 4 is 0 Å². The second kappa shape index (κ2) is 3.09. The predicted molar refractivity (Wildman–Crippen MR) is 76.3 cm³/mol. The second-order valence-electron chi connectivity index (χ2n) is 9.62. The first-order valence-electron chi connectivity index (χ1n) is 9.24. The third-order valence-electron chi connectivity index (χ3n) is 9.45. The normalized spacial score (nSPS) is 74.8. The average molecular weight is 256 g/mol. The minimum Gasteiger partial charge on any atom is -0.0622 e. The summed E-state index contributed by atoms with van der Waals surface area (Å²) >= 11 is 0. The molecule has 0 aromatic heterocycles. The van der Waals surface area contributed by atoms with Crippen LogP contribution in [0.15, 0.2) is 0 Å². The van der Waals surface area contributed by atoms with Crippen molar-refractivity contribution in [1.29, 1.82) is 0 Å². The van der Waals surface area contributed by atoms with Crippen LogP contribution >= 0.6 is 0 Å². The van der Waals surface area contributed by atoms with Crippen molar-refractivity contribution in [3.63, 3.8) is 0 Å². The molecule has 6 saturated carbocycles. The standard InChI is InChI=1S/C19H28/c1-8-3-10-5-12(8)18-15-7-14(16(10)18)17-11-4-9(2)13(6-11)19(15)17/h8-19H,3-7H2,1-2H3. The average Bonchev–Trinajstić information content (AvgIpc) is 3.12. The summed E-state index contributed by atoms with van der Waals surface area (Å²) in [5.74, 6) is 14.2. The van der Waals surface area contributed by atoms with Gasteiger partial charge in [-0.25, -0.2) is 0 Å². The first-order valence-corrected chi connectivity index (χ1v) is 9.24. The molecule has 10 atom stereocenters. The van der Waals surface area contributed by atoms with Crippen molar-refractivity contribution < 1.29 is 0 Å². The van der Waals surface area contributed by atoms with E-state index in [0.29, 0.717) is 0 Å². The van der Waals surface area contributed by atoms with Gasteiger partial charge in [-0.3, -0.25) is 0 Å². The van der Waals surface area contributed by atoms with Gasteiger partial charge in [0.1, 0.15) is 0 Å². The molecule has 0 nitrogen and oxygen atoms in total. The number of hydrogen-bond acceptors (Lipinski definition) is 0. The van der Waals surface area contributed by atoms with Crippen LogP contribution in [-0.2, 0) is 0 Å². The highest BCUT2D eigenvalue weighted by atomic mass is 14.8. The van der Waals surface area contributed by atoms with E-state index in [1.807, 2.05) is 0 Å². The van der Waals surface area contributed by atoms with Crippen LogP contribution in [0.4, 0.5) is 0 Å². The van der Waals surface area contributed by atoms with E-state index in [1.54, 1.807) is 32.1 Å². The van der Waals surface area contributed by atoms with E-state index >= 15 is 0 Å². The minimum atomic E-state index is 1.08. The molecular weight excluding hydrogens is 228 g/mol. The molecule has 19 heavy (non-hydrogen) atoms. The van der Waals surface area contributed by atoms with Gasteiger partial charge >= 0.3 is 0 Å². The Balaban J connectivity index is 1.43. The van der Waals surface area contributed by atoms with Crippen molar-refractivity contribution in [2.45, 2.75) is 46.0 Å². The topological polar surface area (TPSA) is 0 Å². The van der Waals surface area contributed by atoms with Crippen LogP contribution < -0.4 is 0 Å². The van der Waals surface area contributed by atoms with E-state index in [-0.39, 0.29) is 0 Å². The van der Waals surface area contributed by atoms with E-state index in [1.165, 1.54) is 59.2 Å². The van der Waals surface area contributed by atoms with Crippen molar-refractivity contribution in [1.82, 2.24) is 0 Å². The molecule has 6 bridgehead atoms. The van der Waals surface area contributed by atoms with E-state index in [2.05, 4.69) is 13.8 Å². The summed E-state index contributed by atoms with van der Waals surface area (Å²) in [6.07, 6.45) is 8.19. The summed E-state index contributed by atoms with van der Waals surface area (Å²) in [7, 11) is 0. The Morgan fingerprint density at radius 1 is 0.474 bits per heavy atom. The molecule has 6 rings (SSSR count). The molecule has 6 aliphatic rings. The zero-order chi connectivity index (χ0) is 12.5. The highest BCUT2D eigenvalue weighted by Gasteiger charge is 2.71. The van der Waals surface area contributed by atoms with Gasteiger partial charge in [0.15, 0.2) is 0 Å². The van der Waals surface area contributed by atoms with E-state index in [9.17, 15) is 0 Å². The quantitative estimate of drug-likeness (QED) is 0.562. The molecule has 0 aromatic carbocycles. The zero-order valence-electron chi connectivity index (χ0n) is 12.5. The number of rotatable bonds is 0. The van der Waals surface area contributed by atoms with Crippen LogP contribution in [-0.4, -0.2) is 0 Å². The van der Waals surface area contributed by atoms with Gasteiger partial charge in [0.25, 0.3) is 0 Å². The molecule has 104 valence electrons. The van der Waals surface area contributed by atoms with Crippen molar-refractivity contribution in [3.05, 3.63) is 0 Å². The summed E-state index contributed by atoms with van der Waals surface area (Å²) in [5.41, 5.74) is 0. The summed E-state index contributed by atoms with van der Waals surface area (Å²) in [6, 6.07) is 0. The van der Waals surface area contributed by atoms with Gasteiger partial charge in [-0.15, -0.1) is 0 Å². The summed E-state index contributed by atoms with van der Waals surface area (Å²) in [5, 5.41) is 0. The number of hydrogen-bond donors (Lipinski definition) is 0. The highest BCUT2D eigenvalue weighted by Crippen LogP contribution is 2.77. The molecule has 0 amide bonds. The third-order valence-corrected chi connectivity index (χ3v) is 9.45. The van der Waals surface area contributed by atoms with Gasteiger partial charge in [0, 0.05) is 0 Å². The van der Waals surface area contributed by atoms with E-state index < -0.39 is 0 Å². The molecule has 0 aliphatic heterocycles. The second-order valence-corrected chi connectivity index (χ2v) is 9.62.